The number of anilines is 1. The van der Waals surface area contributed by atoms with E-state index in [4.69, 9.17) is 16.3 Å². The van der Waals surface area contributed by atoms with Crippen molar-refractivity contribution in [1.29, 1.82) is 0 Å². The highest BCUT2D eigenvalue weighted by Gasteiger charge is 2.30. The van der Waals surface area contributed by atoms with Gasteiger partial charge in [0.2, 0.25) is 0 Å². The smallest absolute Gasteiger partial charge is 0.416 e. The molecule has 0 aliphatic heterocycles. The Labute approximate surface area is 144 Å². The van der Waals surface area contributed by atoms with Crippen LogP contribution in [0.15, 0.2) is 42.5 Å². The Hall–Kier alpha value is -2.61. The van der Waals surface area contributed by atoms with Crippen molar-refractivity contribution in [2.75, 3.05) is 11.9 Å². The van der Waals surface area contributed by atoms with E-state index < -0.39 is 36.0 Å². The quantitative estimate of drug-likeness (QED) is 0.640. The lowest BCUT2D eigenvalue weighted by Crippen LogP contribution is -2.21. The highest BCUT2D eigenvalue weighted by molar-refractivity contribution is 6.33. The number of carbonyl (C=O) groups is 2. The molecule has 1 N–H and O–H groups in total. The summed E-state index contributed by atoms with van der Waals surface area (Å²) in [6.07, 6.45) is -4.55. The minimum Gasteiger partial charge on any atom is -0.452 e. The minimum atomic E-state index is -4.55. The Morgan fingerprint density at radius 3 is 2.48 bits per heavy atom. The summed E-state index contributed by atoms with van der Waals surface area (Å²) < 4.78 is 55.4. The number of halogens is 5. The molecular formula is C16H10ClF4NO3. The van der Waals surface area contributed by atoms with Gasteiger partial charge >= 0.3 is 12.1 Å². The summed E-state index contributed by atoms with van der Waals surface area (Å²) in [6, 6.07) is 6.97. The van der Waals surface area contributed by atoms with Crippen molar-refractivity contribution in [3.05, 3.63) is 64.4 Å². The SMILES string of the molecule is O=C(COC(=O)c1ccc(F)cc1Cl)Nc1cccc(C(F)(F)F)c1. The molecule has 0 aliphatic rings. The minimum absolute atomic E-state index is 0.101. The van der Waals surface area contributed by atoms with Gasteiger partial charge in [-0.2, -0.15) is 13.2 Å². The molecule has 0 saturated heterocycles. The second-order valence-corrected chi connectivity index (χ2v) is 5.23. The molecule has 2 aromatic rings. The maximum absolute atomic E-state index is 12.9. The molecule has 132 valence electrons. The fraction of sp³-hybridized carbons (Fsp3) is 0.125. The first-order chi connectivity index (χ1) is 11.7. The summed E-state index contributed by atoms with van der Waals surface area (Å²) in [5.41, 5.74) is -1.17. The summed E-state index contributed by atoms with van der Waals surface area (Å²) in [7, 11) is 0. The van der Waals surface area contributed by atoms with Crippen LogP contribution < -0.4 is 5.32 Å². The van der Waals surface area contributed by atoms with Crippen LogP contribution in [0, 0.1) is 5.82 Å². The Morgan fingerprint density at radius 2 is 1.84 bits per heavy atom. The third-order valence-corrected chi connectivity index (χ3v) is 3.27. The van der Waals surface area contributed by atoms with E-state index in [0.29, 0.717) is 0 Å². The van der Waals surface area contributed by atoms with E-state index in [1.807, 2.05) is 0 Å². The van der Waals surface area contributed by atoms with Gasteiger partial charge in [-0.15, -0.1) is 0 Å². The molecule has 1 amide bonds. The molecule has 9 heteroatoms. The van der Waals surface area contributed by atoms with Gasteiger partial charge < -0.3 is 10.1 Å². The Bertz CT molecular complexity index is 808. The molecule has 0 unspecified atom stereocenters. The second-order valence-electron chi connectivity index (χ2n) is 4.83. The zero-order chi connectivity index (χ0) is 18.6. The van der Waals surface area contributed by atoms with Crippen LogP contribution in [0.2, 0.25) is 5.02 Å². The molecule has 4 nitrogen and oxygen atoms in total. The van der Waals surface area contributed by atoms with E-state index in [1.165, 1.54) is 6.07 Å². The summed E-state index contributed by atoms with van der Waals surface area (Å²) in [6.45, 7) is -0.747. The number of nitrogens with one attached hydrogen (secondary N) is 1. The fourth-order valence-corrected chi connectivity index (χ4v) is 2.08. The van der Waals surface area contributed by atoms with Crippen LogP contribution in [0.3, 0.4) is 0 Å². The Kier molecular flexibility index (Phi) is 5.63. The fourth-order valence-electron chi connectivity index (χ4n) is 1.83. The van der Waals surface area contributed by atoms with Gasteiger partial charge in [0, 0.05) is 5.69 Å². The van der Waals surface area contributed by atoms with Crippen LogP contribution in [0.25, 0.3) is 0 Å². The van der Waals surface area contributed by atoms with Crippen molar-refractivity contribution in [2.24, 2.45) is 0 Å². The van der Waals surface area contributed by atoms with Crippen LogP contribution in [0.5, 0.6) is 0 Å². The molecule has 0 heterocycles. The molecule has 0 atom stereocenters. The first kappa shape index (κ1) is 18.7. The van der Waals surface area contributed by atoms with E-state index in [-0.39, 0.29) is 16.3 Å². The van der Waals surface area contributed by atoms with E-state index in [9.17, 15) is 27.2 Å². The van der Waals surface area contributed by atoms with Crippen LogP contribution in [0.1, 0.15) is 15.9 Å². The van der Waals surface area contributed by atoms with Crippen molar-refractivity contribution in [1.82, 2.24) is 0 Å². The van der Waals surface area contributed by atoms with Crippen molar-refractivity contribution in [3.63, 3.8) is 0 Å². The predicted octanol–water partition coefficient (Wildman–Crippen LogP) is 4.29. The van der Waals surface area contributed by atoms with E-state index in [0.717, 1.165) is 36.4 Å². The van der Waals surface area contributed by atoms with Crippen molar-refractivity contribution >= 4 is 29.2 Å². The van der Waals surface area contributed by atoms with Gasteiger partial charge in [-0.3, -0.25) is 4.79 Å². The average Bonchev–Trinajstić information content (AvgIpc) is 2.52. The molecular weight excluding hydrogens is 366 g/mol. The van der Waals surface area contributed by atoms with Gasteiger partial charge in [-0.05, 0) is 36.4 Å². The largest absolute Gasteiger partial charge is 0.452 e. The lowest BCUT2D eigenvalue weighted by molar-refractivity contribution is -0.137. The summed E-state index contributed by atoms with van der Waals surface area (Å²) in [5.74, 6) is -2.46. The number of amides is 1. The van der Waals surface area contributed by atoms with Crippen LogP contribution in [-0.4, -0.2) is 18.5 Å². The van der Waals surface area contributed by atoms with Crippen LogP contribution in [0.4, 0.5) is 23.2 Å². The van der Waals surface area contributed by atoms with Gasteiger partial charge in [-0.25, -0.2) is 9.18 Å². The van der Waals surface area contributed by atoms with E-state index in [1.54, 1.807) is 0 Å². The summed E-state index contributed by atoms with van der Waals surface area (Å²) in [4.78, 5) is 23.4. The van der Waals surface area contributed by atoms with Gasteiger partial charge in [0.25, 0.3) is 5.91 Å². The standard InChI is InChI=1S/C16H10ClF4NO3/c17-13-7-10(18)4-5-12(13)15(24)25-8-14(23)22-11-3-1-2-9(6-11)16(19,20)21/h1-7H,8H2,(H,22,23). The highest BCUT2D eigenvalue weighted by atomic mass is 35.5. The summed E-state index contributed by atoms with van der Waals surface area (Å²) >= 11 is 5.68. The molecule has 0 saturated carbocycles. The van der Waals surface area contributed by atoms with Crippen molar-refractivity contribution in [3.8, 4) is 0 Å². The van der Waals surface area contributed by atoms with Crippen molar-refractivity contribution in [2.45, 2.75) is 6.18 Å². The van der Waals surface area contributed by atoms with Crippen LogP contribution >= 0.6 is 11.6 Å². The number of rotatable bonds is 4. The normalized spacial score (nSPS) is 11.1. The molecule has 0 bridgehead atoms. The third kappa shape index (κ3) is 5.18. The van der Waals surface area contributed by atoms with Crippen LogP contribution in [-0.2, 0) is 15.7 Å². The number of ether oxygens (including phenoxy) is 1. The second kappa shape index (κ2) is 7.52. The average molecular weight is 376 g/mol. The maximum Gasteiger partial charge on any atom is 0.416 e. The molecule has 0 spiro atoms. The molecule has 0 fully saturated rings. The molecule has 2 aromatic carbocycles. The topological polar surface area (TPSA) is 55.4 Å². The monoisotopic (exact) mass is 375 g/mol. The number of benzene rings is 2. The predicted molar refractivity (Wildman–Crippen MR) is 81.8 cm³/mol. The van der Waals surface area contributed by atoms with Crippen molar-refractivity contribution < 1.29 is 31.9 Å². The summed E-state index contributed by atoms with van der Waals surface area (Å²) in [5, 5.41) is 1.98. The number of hydrogen-bond acceptors (Lipinski definition) is 3. The Balaban J connectivity index is 1.96. The molecule has 2 rings (SSSR count). The van der Waals surface area contributed by atoms with E-state index in [2.05, 4.69) is 5.32 Å². The van der Waals surface area contributed by atoms with Gasteiger partial charge in [0.1, 0.15) is 5.82 Å². The number of carbonyl (C=O) groups excluding carboxylic acids is 2. The molecule has 0 radical (unpaired) electrons. The zero-order valence-corrected chi connectivity index (χ0v) is 13.1. The first-order valence-electron chi connectivity index (χ1n) is 6.76. The van der Waals surface area contributed by atoms with E-state index >= 15 is 0 Å². The first-order valence-corrected chi connectivity index (χ1v) is 7.14. The van der Waals surface area contributed by atoms with Gasteiger partial charge in [-0.1, -0.05) is 17.7 Å². The zero-order valence-electron chi connectivity index (χ0n) is 12.4. The number of alkyl halides is 3. The number of hydrogen-bond donors (Lipinski definition) is 1. The molecule has 25 heavy (non-hydrogen) atoms. The third-order valence-electron chi connectivity index (χ3n) is 2.96. The lowest BCUT2D eigenvalue weighted by Gasteiger charge is -2.10. The maximum atomic E-state index is 12.9. The molecule has 0 aromatic heterocycles. The van der Waals surface area contributed by atoms with Gasteiger partial charge in [0.15, 0.2) is 6.61 Å². The highest BCUT2D eigenvalue weighted by Crippen LogP contribution is 2.30. The number of esters is 1. The molecule has 0 aliphatic carbocycles. The Morgan fingerprint density at radius 1 is 1.12 bits per heavy atom. The lowest BCUT2D eigenvalue weighted by atomic mass is 10.2. The van der Waals surface area contributed by atoms with Gasteiger partial charge in [0.05, 0.1) is 16.1 Å².